The van der Waals surface area contributed by atoms with E-state index in [0.717, 1.165) is 18.7 Å². The summed E-state index contributed by atoms with van der Waals surface area (Å²) in [4.78, 5) is 6.54. The highest BCUT2D eigenvalue weighted by Gasteiger charge is 2.13. The van der Waals surface area contributed by atoms with Crippen LogP contribution in [-0.2, 0) is 13.0 Å². The number of ether oxygens (including phenoxy) is 1. The van der Waals surface area contributed by atoms with Crippen LogP contribution in [0.1, 0.15) is 36.6 Å². The predicted molar refractivity (Wildman–Crippen MR) is 95.6 cm³/mol. The molecular formula is C20H26N2O. The second-order valence-electron chi connectivity index (χ2n) is 5.75. The van der Waals surface area contributed by atoms with Gasteiger partial charge in [-0.3, -0.25) is 9.88 Å². The summed E-state index contributed by atoms with van der Waals surface area (Å²) in [7, 11) is 2.14. The average Bonchev–Trinajstić information content (AvgIpc) is 2.57. The molecule has 0 aliphatic heterocycles. The Bertz CT molecular complexity index is 625. The van der Waals surface area contributed by atoms with E-state index in [2.05, 4.69) is 54.7 Å². The molecule has 2 aromatic rings. The first-order chi connectivity index (χ1) is 11.2. The zero-order chi connectivity index (χ0) is 16.7. The molecule has 0 saturated carbocycles. The van der Waals surface area contributed by atoms with Crippen molar-refractivity contribution >= 4 is 0 Å². The Balaban J connectivity index is 2.12. The topological polar surface area (TPSA) is 25.4 Å². The van der Waals surface area contributed by atoms with Crippen molar-refractivity contribution < 1.29 is 4.74 Å². The van der Waals surface area contributed by atoms with E-state index in [0.29, 0.717) is 12.6 Å². The van der Waals surface area contributed by atoms with E-state index < -0.39 is 0 Å². The highest BCUT2D eigenvalue weighted by molar-refractivity contribution is 5.38. The maximum Gasteiger partial charge on any atom is 0.122 e. The third kappa shape index (κ3) is 4.67. The minimum atomic E-state index is 0.318. The quantitative estimate of drug-likeness (QED) is 0.676. The van der Waals surface area contributed by atoms with Gasteiger partial charge in [0.15, 0.2) is 0 Å². The summed E-state index contributed by atoms with van der Waals surface area (Å²) >= 11 is 0. The number of hydrogen-bond donors (Lipinski definition) is 0. The Hall–Kier alpha value is -2.13. The standard InChI is InChI=1S/C20H26N2O/c1-5-8-18-13-17(10-11-20(18)23-6-2)15-22(4)16(3)19-9-7-12-21-14-19/h5,7,9-14,16H,1,6,8,15H2,2-4H3/t16-/m0/s1. The molecule has 23 heavy (non-hydrogen) atoms. The van der Waals surface area contributed by atoms with Crippen LogP contribution in [0.15, 0.2) is 55.4 Å². The Kier molecular flexibility index (Phi) is 6.36. The summed E-state index contributed by atoms with van der Waals surface area (Å²) in [6.45, 7) is 9.62. The molecule has 0 fully saturated rings. The number of rotatable bonds is 8. The van der Waals surface area contributed by atoms with Gasteiger partial charge in [0, 0.05) is 25.0 Å². The molecule has 1 aromatic heterocycles. The van der Waals surface area contributed by atoms with Gasteiger partial charge in [-0.25, -0.2) is 0 Å². The largest absolute Gasteiger partial charge is 0.494 e. The Morgan fingerprint density at radius 1 is 1.35 bits per heavy atom. The van der Waals surface area contributed by atoms with Crippen molar-refractivity contribution in [3.63, 3.8) is 0 Å². The number of allylic oxidation sites excluding steroid dienone is 1. The Morgan fingerprint density at radius 3 is 2.83 bits per heavy atom. The van der Waals surface area contributed by atoms with Crippen LogP contribution in [-0.4, -0.2) is 23.5 Å². The summed E-state index contributed by atoms with van der Waals surface area (Å²) in [6.07, 6.45) is 6.49. The van der Waals surface area contributed by atoms with Crippen molar-refractivity contribution in [3.05, 3.63) is 72.1 Å². The molecule has 3 heteroatoms. The van der Waals surface area contributed by atoms with Crippen LogP contribution in [0.5, 0.6) is 5.75 Å². The van der Waals surface area contributed by atoms with Crippen LogP contribution < -0.4 is 4.74 Å². The van der Waals surface area contributed by atoms with Gasteiger partial charge in [-0.2, -0.15) is 0 Å². The minimum absolute atomic E-state index is 0.318. The first kappa shape index (κ1) is 17.2. The molecule has 2 rings (SSSR count). The van der Waals surface area contributed by atoms with Crippen molar-refractivity contribution in [3.8, 4) is 5.75 Å². The van der Waals surface area contributed by atoms with Crippen molar-refractivity contribution in [1.82, 2.24) is 9.88 Å². The zero-order valence-corrected chi connectivity index (χ0v) is 14.3. The van der Waals surface area contributed by atoms with Crippen molar-refractivity contribution in [2.45, 2.75) is 32.9 Å². The first-order valence-corrected chi connectivity index (χ1v) is 8.11. The highest BCUT2D eigenvalue weighted by Crippen LogP contribution is 2.24. The molecule has 0 unspecified atom stereocenters. The molecule has 3 nitrogen and oxygen atoms in total. The molecule has 1 atom stereocenters. The summed E-state index contributed by atoms with van der Waals surface area (Å²) in [5.74, 6) is 0.958. The van der Waals surface area contributed by atoms with Crippen molar-refractivity contribution in [2.24, 2.45) is 0 Å². The number of nitrogens with zero attached hydrogens (tertiary/aromatic N) is 2. The normalized spacial score (nSPS) is 12.2. The van der Waals surface area contributed by atoms with Crippen LogP contribution >= 0.6 is 0 Å². The van der Waals surface area contributed by atoms with Crippen LogP contribution in [0.25, 0.3) is 0 Å². The lowest BCUT2D eigenvalue weighted by molar-refractivity contribution is 0.252. The monoisotopic (exact) mass is 310 g/mol. The van der Waals surface area contributed by atoms with Gasteiger partial charge in [0.1, 0.15) is 5.75 Å². The minimum Gasteiger partial charge on any atom is -0.494 e. The summed E-state index contributed by atoms with van der Waals surface area (Å²) < 4.78 is 5.70. The molecule has 0 bridgehead atoms. The van der Waals surface area contributed by atoms with Crippen LogP contribution in [0.2, 0.25) is 0 Å². The lowest BCUT2D eigenvalue weighted by atomic mass is 10.0. The van der Waals surface area contributed by atoms with Gasteiger partial charge in [-0.15, -0.1) is 6.58 Å². The summed E-state index contributed by atoms with van der Waals surface area (Å²) in [5, 5.41) is 0. The lowest BCUT2D eigenvalue weighted by Gasteiger charge is -2.25. The van der Waals surface area contributed by atoms with Crippen molar-refractivity contribution in [2.75, 3.05) is 13.7 Å². The number of pyridine rings is 1. The fraction of sp³-hybridized carbons (Fsp3) is 0.350. The number of hydrogen-bond acceptors (Lipinski definition) is 3. The van der Waals surface area contributed by atoms with Gasteiger partial charge in [0.2, 0.25) is 0 Å². The average molecular weight is 310 g/mol. The third-order valence-corrected chi connectivity index (χ3v) is 4.05. The van der Waals surface area contributed by atoms with Crippen LogP contribution in [0, 0.1) is 0 Å². The van der Waals surface area contributed by atoms with E-state index >= 15 is 0 Å². The molecule has 0 aliphatic carbocycles. The molecule has 0 aliphatic rings. The van der Waals surface area contributed by atoms with Crippen molar-refractivity contribution in [1.29, 1.82) is 0 Å². The Labute approximate surface area is 139 Å². The van der Waals surface area contributed by atoms with Crippen LogP contribution in [0.4, 0.5) is 0 Å². The first-order valence-electron chi connectivity index (χ1n) is 8.11. The second kappa shape index (κ2) is 8.49. The molecule has 0 spiro atoms. The predicted octanol–water partition coefficient (Wildman–Crippen LogP) is 4.40. The summed E-state index contributed by atoms with van der Waals surface area (Å²) in [5.41, 5.74) is 3.71. The van der Waals surface area contributed by atoms with Gasteiger partial charge in [0.25, 0.3) is 0 Å². The number of benzene rings is 1. The van der Waals surface area contributed by atoms with E-state index in [9.17, 15) is 0 Å². The van der Waals surface area contributed by atoms with E-state index in [-0.39, 0.29) is 0 Å². The molecule has 0 N–H and O–H groups in total. The fourth-order valence-electron chi connectivity index (χ4n) is 2.64. The molecule has 1 heterocycles. The molecule has 122 valence electrons. The highest BCUT2D eigenvalue weighted by atomic mass is 16.5. The SMILES string of the molecule is C=CCc1cc(CN(C)[C@@H](C)c2cccnc2)ccc1OCC. The van der Waals surface area contributed by atoms with Gasteiger partial charge in [-0.05, 0) is 56.1 Å². The molecule has 1 aromatic carbocycles. The van der Waals surface area contributed by atoms with E-state index in [1.54, 1.807) is 0 Å². The maximum absolute atomic E-state index is 5.70. The van der Waals surface area contributed by atoms with Gasteiger partial charge < -0.3 is 4.74 Å². The number of aromatic nitrogens is 1. The van der Waals surface area contributed by atoms with E-state index in [1.165, 1.54) is 16.7 Å². The van der Waals surface area contributed by atoms with Crippen LogP contribution in [0.3, 0.4) is 0 Å². The molecule has 0 saturated heterocycles. The van der Waals surface area contributed by atoms with E-state index in [4.69, 9.17) is 4.74 Å². The summed E-state index contributed by atoms with van der Waals surface area (Å²) in [6, 6.07) is 10.9. The van der Waals surface area contributed by atoms with E-state index in [1.807, 2.05) is 31.5 Å². The van der Waals surface area contributed by atoms with Gasteiger partial charge >= 0.3 is 0 Å². The van der Waals surface area contributed by atoms with Gasteiger partial charge in [-0.1, -0.05) is 24.3 Å². The fourth-order valence-corrected chi connectivity index (χ4v) is 2.64. The maximum atomic E-state index is 5.70. The van der Waals surface area contributed by atoms with Gasteiger partial charge in [0.05, 0.1) is 6.61 Å². The molecule has 0 radical (unpaired) electrons. The second-order valence-corrected chi connectivity index (χ2v) is 5.75. The smallest absolute Gasteiger partial charge is 0.122 e. The molecule has 0 amide bonds. The Morgan fingerprint density at radius 2 is 2.17 bits per heavy atom. The third-order valence-electron chi connectivity index (χ3n) is 4.05. The lowest BCUT2D eigenvalue weighted by Crippen LogP contribution is -2.22. The zero-order valence-electron chi connectivity index (χ0n) is 14.3. The molecular weight excluding hydrogens is 284 g/mol.